The second kappa shape index (κ2) is 13.2. The lowest BCUT2D eigenvalue weighted by Gasteiger charge is -2.25. The molecular weight excluding hydrogens is 565 g/mol. The molecule has 13 heteroatoms. The summed E-state index contributed by atoms with van der Waals surface area (Å²) in [6.07, 6.45) is 0.611. The molecule has 39 heavy (non-hydrogen) atoms. The Morgan fingerprint density at radius 2 is 1.79 bits per heavy atom. The van der Waals surface area contributed by atoms with Crippen LogP contribution in [0.3, 0.4) is 0 Å². The van der Waals surface area contributed by atoms with Crippen molar-refractivity contribution in [2.45, 2.75) is 39.5 Å². The van der Waals surface area contributed by atoms with Crippen LogP contribution in [0.25, 0.3) is 0 Å². The van der Waals surface area contributed by atoms with Gasteiger partial charge in [0.1, 0.15) is 17.1 Å². The number of amides is 1. The van der Waals surface area contributed by atoms with E-state index >= 15 is 0 Å². The SMILES string of the molecule is COc1ccc(C(=O)N(CCC(C)C)Cc2nc(Cl)c(Cl)n2Cc2ccccc2C2NNNN2)c(Cl)c1OC. The molecule has 1 aromatic heterocycles. The van der Waals surface area contributed by atoms with E-state index in [0.29, 0.717) is 47.0 Å². The Balaban J connectivity index is 1.68. The van der Waals surface area contributed by atoms with E-state index in [1.807, 2.05) is 28.8 Å². The van der Waals surface area contributed by atoms with Crippen LogP contribution >= 0.6 is 34.8 Å². The zero-order valence-electron chi connectivity index (χ0n) is 22.1. The third-order valence-electron chi connectivity index (χ3n) is 6.45. The molecule has 2 heterocycles. The van der Waals surface area contributed by atoms with Crippen molar-refractivity contribution in [3.05, 3.63) is 74.2 Å². The molecule has 10 nitrogen and oxygen atoms in total. The molecule has 0 bridgehead atoms. The fourth-order valence-electron chi connectivity index (χ4n) is 4.33. The van der Waals surface area contributed by atoms with Crippen molar-refractivity contribution in [3.8, 4) is 11.5 Å². The number of hydrazine groups is 3. The largest absolute Gasteiger partial charge is 0.493 e. The summed E-state index contributed by atoms with van der Waals surface area (Å²) in [5.41, 5.74) is 14.2. The number of imidazole rings is 1. The average Bonchev–Trinajstić information content (AvgIpc) is 3.55. The maximum atomic E-state index is 13.9. The first-order valence-electron chi connectivity index (χ1n) is 12.4. The zero-order chi connectivity index (χ0) is 28.1. The van der Waals surface area contributed by atoms with Crippen molar-refractivity contribution in [1.29, 1.82) is 0 Å². The van der Waals surface area contributed by atoms with E-state index in [0.717, 1.165) is 17.5 Å². The number of nitrogens with one attached hydrogen (secondary N) is 4. The molecule has 0 aliphatic carbocycles. The first-order valence-corrected chi connectivity index (χ1v) is 13.6. The van der Waals surface area contributed by atoms with Crippen molar-refractivity contribution < 1.29 is 14.3 Å². The van der Waals surface area contributed by atoms with Crippen molar-refractivity contribution in [2.24, 2.45) is 5.92 Å². The summed E-state index contributed by atoms with van der Waals surface area (Å²) in [5.74, 6) is 1.40. The Bertz CT molecular complexity index is 1310. The number of hydrogen-bond donors (Lipinski definition) is 4. The molecule has 0 radical (unpaired) electrons. The topological polar surface area (TPSA) is 105 Å². The minimum atomic E-state index is -0.264. The number of hydrogen-bond acceptors (Lipinski definition) is 8. The van der Waals surface area contributed by atoms with Crippen molar-refractivity contribution in [1.82, 2.24) is 36.4 Å². The number of aromatic nitrogens is 2. The lowest BCUT2D eigenvalue weighted by molar-refractivity contribution is 0.0729. The number of nitrogens with zero attached hydrogens (tertiary/aromatic N) is 3. The van der Waals surface area contributed by atoms with Crippen LogP contribution in [0.15, 0.2) is 36.4 Å². The van der Waals surface area contributed by atoms with Gasteiger partial charge in [0.25, 0.3) is 5.91 Å². The third kappa shape index (κ3) is 6.60. The quantitative estimate of drug-likeness (QED) is 0.252. The molecule has 4 N–H and O–H groups in total. The van der Waals surface area contributed by atoms with Gasteiger partial charge in [-0.25, -0.2) is 15.8 Å². The standard InChI is InChI=1S/C26H32Cl3N7O3/c1-15(2)11-12-35(26(37)18-9-10-19(38-3)22(39-4)21(18)27)14-20-30-23(28)24(29)36(20)13-16-7-5-6-8-17(16)25-31-33-34-32-25/h5-10,15,25,31-34H,11-14H2,1-4H3. The van der Waals surface area contributed by atoms with Crippen LogP contribution < -0.4 is 31.4 Å². The molecule has 0 spiro atoms. The molecule has 210 valence electrons. The maximum absolute atomic E-state index is 13.9. The fraction of sp³-hybridized carbons (Fsp3) is 0.385. The second-order valence-electron chi connectivity index (χ2n) is 9.44. The van der Waals surface area contributed by atoms with Gasteiger partial charge in [-0.3, -0.25) is 4.79 Å². The number of halogens is 3. The highest BCUT2D eigenvalue weighted by Crippen LogP contribution is 2.38. The molecule has 2 aromatic carbocycles. The number of ether oxygens (including phenoxy) is 2. The number of rotatable bonds is 11. The lowest BCUT2D eigenvalue weighted by atomic mass is 10.1. The molecule has 0 saturated carbocycles. The highest BCUT2D eigenvalue weighted by atomic mass is 35.5. The number of methoxy groups -OCH3 is 2. The van der Waals surface area contributed by atoms with E-state index in [-0.39, 0.29) is 28.8 Å². The summed E-state index contributed by atoms with van der Waals surface area (Å²) in [4.78, 5) is 20.1. The van der Waals surface area contributed by atoms with Crippen LogP contribution in [0.5, 0.6) is 11.5 Å². The summed E-state index contributed by atoms with van der Waals surface area (Å²) in [6, 6.07) is 11.2. The van der Waals surface area contributed by atoms with Gasteiger partial charge in [0.2, 0.25) is 0 Å². The molecule has 0 unspecified atom stereocenters. The van der Waals surface area contributed by atoms with Crippen LogP contribution in [0, 0.1) is 5.92 Å². The summed E-state index contributed by atoms with van der Waals surface area (Å²) < 4.78 is 12.6. The smallest absolute Gasteiger partial charge is 0.255 e. The van der Waals surface area contributed by atoms with Gasteiger partial charge in [-0.2, -0.15) is 11.1 Å². The minimum Gasteiger partial charge on any atom is -0.493 e. The highest BCUT2D eigenvalue weighted by molar-refractivity contribution is 6.40. The van der Waals surface area contributed by atoms with Crippen LogP contribution in [0.2, 0.25) is 15.3 Å². The third-order valence-corrected chi connectivity index (χ3v) is 7.57. The monoisotopic (exact) mass is 595 g/mol. The Kier molecular flexibility index (Phi) is 9.95. The van der Waals surface area contributed by atoms with Gasteiger partial charge in [0, 0.05) is 6.54 Å². The zero-order valence-corrected chi connectivity index (χ0v) is 24.4. The van der Waals surface area contributed by atoms with Crippen LogP contribution in [-0.4, -0.2) is 41.1 Å². The molecule has 1 saturated heterocycles. The summed E-state index contributed by atoms with van der Waals surface area (Å²) >= 11 is 19.7. The van der Waals surface area contributed by atoms with E-state index < -0.39 is 0 Å². The Labute approximate surface area is 242 Å². The predicted octanol–water partition coefficient (Wildman–Crippen LogP) is 4.71. The van der Waals surface area contributed by atoms with E-state index in [9.17, 15) is 4.79 Å². The van der Waals surface area contributed by atoms with E-state index in [1.54, 1.807) is 17.0 Å². The van der Waals surface area contributed by atoms with Crippen molar-refractivity contribution in [2.75, 3.05) is 20.8 Å². The molecule has 3 aromatic rings. The van der Waals surface area contributed by atoms with Gasteiger partial charge in [0.15, 0.2) is 16.7 Å². The van der Waals surface area contributed by atoms with E-state index in [1.165, 1.54) is 14.2 Å². The van der Waals surface area contributed by atoms with Gasteiger partial charge < -0.3 is 18.9 Å². The van der Waals surface area contributed by atoms with Gasteiger partial charge >= 0.3 is 0 Å². The molecular formula is C26H32Cl3N7O3. The Hall–Kier alpha value is -2.57. The van der Waals surface area contributed by atoms with Crippen LogP contribution in [0.1, 0.15) is 53.7 Å². The molecule has 4 rings (SSSR count). The summed E-state index contributed by atoms with van der Waals surface area (Å²) in [6.45, 7) is 5.26. The maximum Gasteiger partial charge on any atom is 0.255 e. The molecule has 1 fully saturated rings. The number of carbonyl (C=O) groups is 1. The van der Waals surface area contributed by atoms with Crippen LogP contribution in [0.4, 0.5) is 0 Å². The van der Waals surface area contributed by atoms with Gasteiger partial charge in [0.05, 0.1) is 37.9 Å². The van der Waals surface area contributed by atoms with E-state index in [2.05, 4.69) is 40.8 Å². The molecule has 0 atom stereocenters. The highest BCUT2D eigenvalue weighted by Gasteiger charge is 2.26. The van der Waals surface area contributed by atoms with E-state index in [4.69, 9.17) is 44.3 Å². The van der Waals surface area contributed by atoms with Gasteiger partial charge in [-0.05, 0) is 35.6 Å². The number of carbonyl (C=O) groups excluding carboxylic acids is 1. The minimum absolute atomic E-state index is 0.168. The summed E-state index contributed by atoms with van der Waals surface area (Å²) in [7, 11) is 3.00. The second-order valence-corrected chi connectivity index (χ2v) is 10.5. The average molecular weight is 597 g/mol. The molecule has 1 aliphatic heterocycles. The Morgan fingerprint density at radius 1 is 1.08 bits per heavy atom. The lowest BCUT2D eigenvalue weighted by Crippen LogP contribution is -2.33. The van der Waals surface area contributed by atoms with Crippen molar-refractivity contribution >= 4 is 40.7 Å². The van der Waals surface area contributed by atoms with Gasteiger partial charge in [-0.15, -0.1) is 0 Å². The normalized spacial score (nSPS) is 13.7. The first-order chi connectivity index (χ1) is 18.7. The first kappa shape index (κ1) is 29.4. The predicted molar refractivity (Wildman–Crippen MR) is 152 cm³/mol. The number of benzene rings is 2. The Morgan fingerprint density at radius 3 is 2.46 bits per heavy atom. The van der Waals surface area contributed by atoms with Gasteiger partial charge in [-0.1, -0.05) is 72.9 Å². The summed E-state index contributed by atoms with van der Waals surface area (Å²) in [5, 5.41) is 0.652. The van der Waals surface area contributed by atoms with Crippen LogP contribution in [-0.2, 0) is 13.1 Å². The van der Waals surface area contributed by atoms with Crippen molar-refractivity contribution in [3.63, 3.8) is 0 Å². The molecule has 1 amide bonds. The molecule has 1 aliphatic rings. The fourth-order valence-corrected chi connectivity index (χ4v) is 5.04.